The van der Waals surface area contributed by atoms with Crippen molar-refractivity contribution in [3.8, 4) is 0 Å². The second kappa shape index (κ2) is 6.54. The lowest BCUT2D eigenvalue weighted by Gasteiger charge is -2.14. The molecule has 0 bridgehead atoms. The van der Waals surface area contributed by atoms with Crippen LogP contribution >= 0.6 is 0 Å². The van der Waals surface area contributed by atoms with Crippen LogP contribution in [0.5, 0.6) is 0 Å². The minimum atomic E-state index is -3.61. The number of anilines is 2. The van der Waals surface area contributed by atoms with Crippen molar-refractivity contribution in [2.45, 2.75) is 0 Å². The van der Waals surface area contributed by atoms with E-state index in [2.05, 4.69) is 15.0 Å². The monoisotopic (exact) mass is 320 g/mol. The fraction of sp³-hybridized carbons (Fsp3) is 0.143. The molecule has 0 spiro atoms. The molecule has 2 rings (SSSR count). The molecule has 0 aliphatic carbocycles. The smallest absolute Gasteiger partial charge is 0.301 e. The van der Waals surface area contributed by atoms with Gasteiger partial charge in [-0.25, -0.2) is 0 Å². The molecule has 8 heteroatoms. The number of aromatic nitrogens is 1. The molecule has 1 amide bonds. The number of carbonyl (C=O) groups excluding carboxylic acids is 1. The van der Waals surface area contributed by atoms with E-state index < -0.39 is 10.2 Å². The number of nitrogens with one attached hydrogen (secondary N) is 2. The maximum atomic E-state index is 12.1. The standard InChI is InChI=1S/C14H16N4O3S/c1-18(2)22(20,21)17-13-5-3-4-11(10-13)14(19)16-12-6-8-15-9-7-12/h3-10,17H,1-2H3,(H,15,16,19). The highest BCUT2D eigenvalue weighted by atomic mass is 32.2. The minimum Gasteiger partial charge on any atom is -0.322 e. The highest BCUT2D eigenvalue weighted by molar-refractivity contribution is 7.90. The van der Waals surface area contributed by atoms with Gasteiger partial charge in [-0.2, -0.15) is 12.7 Å². The topological polar surface area (TPSA) is 91.4 Å². The molecule has 0 aliphatic rings. The van der Waals surface area contributed by atoms with Crippen molar-refractivity contribution in [2.75, 3.05) is 24.1 Å². The van der Waals surface area contributed by atoms with E-state index in [1.54, 1.807) is 42.7 Å². The first-order valence-corrected chi connectivity index (χ1v) is 7.84. The van der Waals surface area contributed by atoms with E-state index in [-0.39, 0.29) is 5.91 Å². The lowest BCUT2D eigenvalue weighted by Crippen LogP contribution is -2.29. The van der Waals surface area contributed by atoms with Gasteiger partial charge in [0.25, 0.3) is 5.91 Å². The van der Waals surface area contributed by atoms with Crippen molar-refractivity contribution < 1.29 is 13.2 Å². The van der Waals surface area contributed by atoms with Crippen LogP contribution in [0.15, 0.2) is 48.8 Å². The Bertz CT molecular complexity index is 761. The molecule has 0 radical (unpaired) electrons. The normalized spacial score (nSPS) is 11.2. The fourth-order valence-electron chi connectivity index (χ4n) is 1.60. The molecule has 0 aliphatic heterocycles. The van der Waals surface area contributed by atoms with Gasteiger partial charge in [-0.1, -0.05) is 6.07 Å². The molecule has 2 aromatic rings. The summed E-state index contributed by atoms with van der Waals surface area (Å²) in [5.41, 5.74) is 1.27. The van der Waals surface area contributed by atoms with E-state index >= 15 is 0 Å². The maximum Gasteiger partial charge on any atom is 0.301 e. The van der Waals surface area contributed by atoms with E-state index in [4.69, 9.17) is 0 Å². The number of benzene rings is 1. The summed E-state index contributed by atoms with van der Waals surface area (Å²) in [6, 6.07) is 9.58. The average Bonchev–Trinajstić information content (AvgIpc) is 2.48. The summed E-state index contributed by atoms with van der Waals surface area (Å²) in [4.78, 5) is 16.0. The van der Waals surface area contributed by atoms with Crippen LogP contribution in [0, 0.1) is 0 Å². The third-order valence-corrected chi connectivity index (χ3v) is 4.25. The molecule has 0 saturated heterocycles. The van der Waals surface area contributed by atoms with Crippen molar-refractivity contribution in [1.82, 2.24) is 9.29 Å². The van der Waals surface area contributed by atoms with Gasteiger partial charge in [0, 0.05) is 37.7 Å². The molecule has 1 aromatic heterocycles. The summed E-state index contributed by atoms with van der Waals surface area (Å²) in [6.45, 7) is 0. The molecular weight excluding hydrogens is 304 g/mol. The summed E-state index contributed by atoms with van der Waals surface area (Å²) < 4.78 is 27.0. The molecule has 7 nitrogen and oxygen atoms in total. The van der Waals surface area contributed by atoms with Crippen LogP contribution < -0.4 is 10.0 Å². The van der Waals surface area contributed by atoms with Crippen LogP contribution in [0.1, 0.15) is 10.4 Å². The van der Waals surface area contributed by atoms with Crippen LogP contribution in [-0.4, -0.2) is 37.7 Å². The summed E-state index contributed by atoms with van der Waals surface area (Å²) in [5.74, 6) is -0.336. The predicted molar refractivity (Wildman–Crippen MR) is 84.9 cm³/mol. The van der Waals surface area contributed by atoms with Crippen LogP contribution in [0.25, 0.3) is 0 Å². The number of hydrogen-bond donors (Lipinski definition) is 2. The molecule has 2 N–H and O–H groups in total. The number of amides is 1. The Balaban J connectivity index is 2.16. The zero-order chi connectivity index (χ0) is 16.2. The second-order valence-corrected chi connectivity index (χ2v) is 6.54. The Kier molecular flexibility index (Phi) is 4.74. The van der Waals surface area contributed by atoms with Crippen LogP contribution in [0.3, 0.4) is 0 Å². The lowest BCUT2D eigenvalue weighted by atomic mass is 10.2. The number of rotatable bonds is 5. The third kappa shape index (κ3) is 4.03. The van der Waals surface area contributed by atoms with Gasteiger partial charge in [-0.3, -0.25) is 14.5 Å². The van der Waals surface area contributed by atoms with Gasteiger partial charge in [0.05, 0.1) is 5.69 Å². The molecule has 0 fully saturated rings. The van der Waals surface area contributed by atoms with Crippen molar-refractivity contribution in [3.63, 3.8) is 0 Å². The molecule has 1 aromatic carbocycles. The zero-order valence-corrected chi connectivity index (χ0v) is 13.0. The molecule has 1 heterocycles. The Labute approximate surface area is 129 Å². The fourth-order valence-corrected chi connectivity index (χ4v) is 2.21. The Morgan fingerprint density at radius 1 is 1.09 bits per heavy atom. The average molecular weight is 320 g/mol. The number of nitrogens with zero attached hydrogens (tertiary/aromatic N) is 2. The summed E-state index contributed by atoms with van der Waals surface area (Å²) in [7, 11) is -0.771. The largest absolute Gasteiger partial charge is 0.322 e. The summed E-state index contributed by atoms with van der Waals surface area (Å²) in [6.07, 6.45) is 3.13. The van der Waals surface area contributed by atoms with E-state index in [1.807, 2.05) is 0 Å². The van der Waals surface area contributed by atoms with E-state index in [1.165, 1.54) is 20.2 Å². The maximum absolute atomic E-state index is 12.1. The number of hydrogen-bond acceptors (Lipinski definition) is 4. The van der Waals surface area contributed by atoms with Crippen molar-refractivity contribution in [1.29, 1.82) is 0 Å². The molecule has 0 unspecified atom stereocenters. The van der Waals surface area contributed by atoms with E-state index in [0.29, 0.717) is 16.9 Å². The van der Waals surface area contributed by atoms with Gasteiger partial charge in [-0.05, 0) is 30.3 Å². The molecule has 22 heavy (non-hydrogen) atoms. The van der Waals surface area contributed by atoms with E-state index in [9.17, 15) is 13.2 Å². The van der Waals surface area contributed by atoms with Crippen LogP contribution in [-0.2, 0) is 10.2 Å². The molecular formula is C14H16N4O3S. The van der Waals surface area contributed by atoms with Gasteiger partial charge in [-0.15, -0.1) is 0 Å². The summed E-state index contributed by atoms with van der Waals surface area (Å²) in [5, 5.41) is 2.70. The molecule has 0 atom stereocenters. The minimum absolute atomic E-state index is 0.316. The third-order valence-electron chi connectivity index (χ3n) is 2.79. The van der Waals surface area contributed by atoms with Crippen LogP contribution in [0.4, 0.5) is 11.4 Å². The first-order chi connectivity index (χ1) is 10.4. The first-order valence-electron chi connectivity index (χ1n) is 6.40. The van der Waals surface area contributed by atoms with Gasteiger partial charge >= 0.3 is 10.2 Å². The zero-order valence-electron chi connectivity index (χ0n) is 12.1. The Morgan fingerprint density at radius 2 is 1.77 bits per heavy atom. The predicted octanol–water partition coefficient (Wildman–Crippen LogP) is 1.55. The lowest BCUT2D eigenvalue weighted by molar-refractivity contribution is 0.102. The molecule has 0 saturated carbocycles. The SMILES string of the molecule is CN(C)S(=O)(=O)Nc1cccc(C(=O)Nc2ccncc2)c1. The summed E-state index contributed by atoms with van der Waals surface area (Å²) >= 11 is 0. The van der Waals surface area contributed by atoms with Crippen molar-refractivity contribution >= 4 is 27.5 Å². The Hall–Kier alpha value is -2.45. The van der Waals surface area contributed by atoms with Gasteiger partial charge in [0.15, 0.2) is 0 Å². The first kappa shape index (κ1) is 15.9. The molecule has 116 valence electrons. The van der Waals surface area contributed by atoms with Crippen LogP contribution in [0.2, 0.25) is 0 Å². The van der Waals surface area contributed by atoms with Gasteiger partial charge in [0.1, 0.15) is 0 Å². The highest BCUT2D eigenvalue weighted by Gasteiger charge is 2.14. The quantitative estimate of drug-likeness (QED) is 0.874. The van der Waals surface area contributed by atoms with Crippen molar-refractivity contribution in [3.05, 3.63) is 54.4 Å². The number of carbonyl (C=O) groups is 1. The Morgan fingerprint density at radius 3 is 2.41 bits per heavy atom. The van der Waals surface area contributed by atoms with Gasteiger partial charge in [0.2, 0.25) is 0 Å². The van der Waals surface area contributed by atoms with Gasteiger partial charge < -0.3 is 5.32 Å². The van der Waals surface area contributed by atoms with Crippen molar-refractivity contribution in [2.24, 2.45) is 0 Å². The highest BCUT2D eigenvalue weighted by Crippen LogP contribution is 2.15. The number of pyridine rings is 1. The second-order valence-electron chi connectivity index (χ2n) is 4.66. The van der Waals surface area contributed by atoms with E-state index in [0.717, 1.165) is 4.31 Å².